The summed E-state index contributed by atoms with van der Waals surface area (Å²) in [6.45, 7) is 11.6. The van der Waals surface area contributed by atoms with E-state index in [1.165, 1.54) is 22.3 Å². The monoisotopic (exact) mass is 271 g/mol. The number of hydrogen-bond donors (Lipinski definition) is 1. The Kier molecular flexibility index (Phi) is 4.66. The van der Waals surface area contributed by atoms with Crippen molar-refractivity contribution in [3.63, 3.8) is 0 Å². The van der Waals surface area contributed by atoms with Gasteiger partial charge in [0.25, 0.3) is 0 Å². The Morgan fingerprint density at radius 2 is 1.65 bits per heavy atom. The Morgan fingerprint density at radius 1 is 1.00 bits per heavy atom. The first kappa shape index (κ1) is 14.9. The molecule has 0 spiro atoms. The second kappa shape index (κ2) is 6.27. The smallest absolute Gasteiger partial charge is 0.106 e. The first-order valence-electron chi connectivity index (χ1n) is 7.39. The summed E-state index contributed by atoms with van der Waals surface area (Å²) in [6.07, 6.45) is 1.12. The predicted octanol–water partition coefficient (Wildman–Crippen LogP) is 4.60. The minimum atomic E-state index is 0.214. The third kappa shape index (κ3) is 3.31. The van der Waals surface area contributed by atoms with Crippen molar-refractivity contribution in [2.24, 2.45) is 0 Å². The molecule has 2 heteroatoms. The van der Waals surface area contributed by atoms with Crippen molar-refractivity contribution in [1.29, 1.82) is 0 Å². The number of benzene rings is 1. The van der Waals surface area contributed by atoms with Gasteiger partial charge in [-0.3, -0.25) is 0 Å². The maximum atomic E-state index is 5.72. The highest BCUT2D eigenvalue weighted by molar-refractivity contribution is 5.38. The van der Waals surface area contributed by atoms with Gasteiger partial charge in [0.15, 0.2) is 0 Å². The molecule has 2 aromatic rings. The van der Waals surface area contributed by atoms with Gasteiger partial charge in [-0.1, -0.05) is 36.2 Å². The fourth-order valence-electron chi connectivity index (χ4n) is 2.81. The molecular weight excluding hydrogens is 246 g/mol. The van der Waals surface area contributed by atoms with Crippen LogP contribution in [0.4, 0.5) is 0 Å². The zero-order valence-electron chi connectivity index (χ0n) is 13.2. The van der Waals surface area contributed by atoms with Gasteiger partial charge in [0.2, 0.25) is 0 Å². The molecule has 1 atom stereocenters. The predicted molar refractivity (Wildman–Crippen MR) is 84.2 cm³/mol. The van der Waals surface area contributed by atoms with Crippen LogP contribution in [0.3, 0.4) is 0 Å². The summed E-state index contributed by atoms with van der Waals surface area (Å²) < 4.78 is 5.72. The van der Waals surface area contributed by atoms with Crippen molar-refractivity contribution in [3.05, 3.63) is 58.0 Å². The van der Waals surface area contributed by atoms with Gasteiger partial charge in [0, 0.05) is 5.56 Å². The molecule has 0 amide bonds. The van der Waals surface area contributed by atoms with Gasteiger partial charge in [0.05, 0.1) is 6.04 Å². The molecule has 0 fully saturated rings. The second-order valence-electron chi connectivity index (χ2n) is 5.68. The van der Waals surface area contributed by atoms with E-state index in [1.54, 1.807) is 0 Å². The van der Waals surface area contributed by atoms with Crippen LogP contribution in [0.15, 0.2) is 28.7 Å². The van der Waals surface area contributed by atoms with Gasteiger partial charge in [-0.2, -0.15) is 0 Å². The fraction of sp³-hybridized carbons (Fsp3) is 0.444. The molecule has 0 radical (unpaired) electrons. The Labute approximate surface area is 122 Å². The van der Waals surface area contributed by atoms with Gasteiger partial charge in [-0.25, -0.2) is 0 Å². The Balaban J connectivity index is 2.43. The van der Waals surface area contributed by atoms with E-state index in [0.29, 0.717) is 0 Å². The van der Waals surface area contributed by atoms with E-state index >= 15 is 0 Å². The number of nitrogens with one attached hydrogen (secondary N) is 1. The zero-order chi connectivity index (χ0) is 14.7. The van der Waals surface area contributed by atoms with Gasteiger partial charge >= 0.3 is 0 Å². The Morgan fingerprint density at radius 3 is 2.15 bits per heavy atom. The van der Waals surface area contributed by atoms with E-state index in [2.05, 4.69) is 50.4 Å². The lowest BCUT2D eigenvalue weighted by Gasteiger charge is -2.20. The van der Waals surface area contributed by atoms with Crippen molar-refractivity contribution < 1.29 is 4.42 Å². The first-order chi connectivity index (χ1) is 9.51. The van der Waals surface area contributed by atoms with Crippen LogP contribution in [0, 0.1) is 27.7 Å². The van der Waals surface area contributed by atoms with Gasteiger partial charge in [-0.15, -0.1) is 0 Å². The van der Waals surface area contributed by atoms with Crippen molar-refractivity contribution in [2.75, 3.05) is 6.54 Å². The molecule has 2 rings (SSSR count). The maximum absolute atomic E-state index is 5.72. The summed E-state index contributed by atoms with van der Waals surface area (Å²) in [7, 11) is 0. The van der Waals surface area contributed by atoms with E-state index in [4.69, 9.17) is 4.42 Å². The minimum Gasteiger partial charge on any atom is -0.466 e. The molecule has 1 heterocycles. The maximum Gasteiger partial charge on any atom is 0.106 e. The molecule has 0 aliphatic rings. The summed E-state index contributed by atoms with van der Waals surface area (Å²) in [6, 6.07) is 9.12. The van der Waals surface area contributed by atoms with Crippen molar-refractivity contribution in [2.45, 2.75) is 47.1 Å². The van der Waals surface area contributed by atoms with Crippen LogP contribution < -0.4 is 5.32 Å². The molecule has 1 aromatic carbocycles. The highest BCUT2D eigenvalue weighted by atomic mass is 16.3. The summed E-state index contributed by atoms with van der Waals surface area (Å²) in [4.78, 5) is 0. The van der Waals surface area contributed by atoms with Crippen LogP contribution >= 0.6 is 0 Å². The van der Waals surface area contributed by atoms with E-state index < -0.39 is 0 Å². The lowest BCUT2D eigenvalue weighted by Crippen LogP contribution is -2.23. The lowest BCUT2D eigenvalue weighted by atomic mass is 9.95. The largest absolute Gasteiger partial charge is 0.466 e. The fourth-order valence-corrected chi connectivity index (χ4v) is 2.81. The Hall–Kier alpha value is -1.54. The molecule has 0 saturated heterocycles. The molecule has 1 unspecified atom stereocenters. The van der Waals surface area contributed by atoms with E-state index in [0.717, 1.165) is 24.5 Å². The molecule has 0 aliphatic heterocycles. The van der Waals surface area contributed by atoms with Crippen molar-refractivity contribution in [3.8, 4) is 0 Å². The molecule has 20 heavy (non-hydrogen) atoms. The third-order valence-corrected chi connectivity index (χ3v) is 3.57. The molecule has 1 N–H and O–H groups in total. The molecule has 0 saturated carbocycles. The number of aryl methyl sites for hydroxylation is 4. The molecule has 0 aliphatic carbocycles. The molecular formula is C18H25NO. The van der Waals surface area contributed by atoms with E-state index in [9.17, 15) is 0 Å². The van der Waals surface area contributed by atoms with Crippen molar-refractivity contribution in [1.82, 2.24) is 5.32 Å². The normalized spacial score (nSPS) is 12.7. The van der Waals surface area contributed by atoms with Crippen molar-refractivity contribution >= 4 is 0 Å². The standard InChI is InChI=1S/C18H25NO/c1-6-7-19-18(17-11-14(4)20-15(17)5)16-9-12(2)8-13(3)10-16/h8-11,18-19H,6-7H2,1-5H3. The average Bonchev–Trinajstić information content (AvgIpc) is 2.68. The topological polar surface area (TPSA) is 25.2 Å². The SMILES string of the molecule is CCCNC(c1cc(C)cc(C)c1)c1cc(C)oc1C. The van der Waals surface area contributed by atoms with Gasteiger partial charge in [0.1, 0.15) is 11.5 Å². The number of hydrogen-bond acceptors (Lipinski definition) is 2. The van der Waals surface area contributed by atoms with Crippen LogP contribution in [-0.2, 0) is 0 Å². The van der Waals surface area contributed by atoms with Crippen LogP contribution in [0.1, 0.15) is 53.2 Å². The average molecular weight is 271 g/mol. The van der Waals surface area contributed by atoms with E-state index in [1.807, 2.05) is 13.8 Å². The number of furan rings is 1. The van der Waals surface area contributed by atoms with Crippen LogP contribution in [-0.4, -0.2) is 6.54 Å². The number of rotatable bonds is 5. The second-order valence-corrected chi connectivity index (χ2v) is 5.68. The highest BCUT2D eigenvalue weighted by Gasteiger charge is 2.19. The van der Waals surface area contributed by atoms with Crippen LogP contribution in [0.25, 0.3) is 0 Å². The highest BCUT2D eigenvalue weighted by Crippen LogP contribution is 2.28. The quantitative estimate of drug-likeness (QED) is 0.859. The summed E-state index contributed by atoms with van der Waals surface area (Å²) >= 11 is 0. The lowest BCUT2D eigenvalue weighted by molar-refractivity contribution is 0.493. The summed E-state index contributed by atoms with van der Waals surface area (Å²) in [5.74, 6) is 1.99. The summed E-state index contributed by atoms with van der Waals surface area (Å²) in [5, 5.41) is 3.65. The Bertz CT molecular complexity index is 563. The van der Waals surface area contributed by atoms with Crippen LogP contribution in [0.5, 0.6) is 0 Å². The first-order valence-corrected chi connectivity index (χ1v) is 7.39. The molecule has 2 nitrogen and oxygen atoms in total. The third-order valence-electron chi connectivity index (χ3n) is 3.57. The summed E-state index contributed by atoms with van der Waals surface area (Å²) in [5.41, 5.74) is 5.18. The van der Waals surface area contributed by atoms with E-state index in [-0.39, 0.29) is 6.04 Å². The minimum absolute atomic E-state index is 0.214. The molecule has 108 valence electrons. The zero-order valence-corrected chi connectivity index (χ0v) is 13.2. The van der Waals surface area contributed by atoms with Gasteiger partial charge < -0.3 is 9.73 Å². The molecule has 1 aromatic heterocycles. The van der Waals surface area contributed by atoms with Crippen LogP contribution in [0.2, 0.25) is 0 Å². The van der Waals surface area contributed by atoms with Gasteiger partial charge in [-0.05, 0) is 52.3 Å². The molecule has 0 bridgehead atoms.